The SMILES string of the molecule is COc1ccc(CCSc2cc(F)ccc2N)cc1. The highest BCUT2D eigenvalue weighted by atomic mass is 32.2. The Bertz CT molecular complexity index is 542. The zero-order chi connectivity index (χ0) is 13.7. The van der Waals surface area contributed by atoms with Crippen LogP contribution in [0.25, 0.3) is 0 Å². The summed E-state index contributed by atoms with van der Waals surface area (Å²) in [6, 6.07) is 12.4. The Balaban J connectivity index is 1.90. The van der Waals surface area contributed by atoms with Gasteiger partial charge in [-0.05, 0) is 42.3 Å². The van der Waals surface area contributed by atoms with Gasteiger partial charge in [-0.25, -0.2) is 4.39 Å². The molecule has 0 amide bonds. The molecule has 0 aliphatic rings. The lowest BCUT2D eigenvalue weighted by Gasteiger charge is -2.06. The van der Waals surface area contributed by atoms with Crippen LogP contribution in [0, 0.1) is 5.82 Å². The largest absolute Gasteiger partial charge is 0.497 e. The fraction of sp³-hybridized carbons (Fsp3) is 0.200. The molecule has 2 N–H and O–H groups in total. The van der Waals surface area contributed by atoms with Gasteiger partial charge >= 0.3 is 0 Å². The van der Waals surface area contributed by atoms with Crippen LogP contribution in [0.2, 0.25) is 0 Å². The number of anilines is 1. The molecular formula is C15H16FNOS. The molecule has 0 saturated heterocycles. The summed E-state index contributed by atoms with van der Waals surface area (Å²) < 4.78 is 18.2. The third-order valence-electron chi connectivity index (χ3n) is 2.78. The van der Waals surface area contributed by atoms with Crippen molar-refractivity contribution in [3.63, 3.8) is 0 Å². The Labute approximate surface area is 116 Å². The molecular weight excluding hydrogens is 261 g/mol. The molecule has 0 bridgehead atoms. The average molecular weight is 277 g/mol. The third kappa shape index (κ3) is 3.89. The lowest BCUT2D eigenvalue weighted by atomic mass is 10.2. The Hall–Kier alpha value is -1.68. The number of thioether (sulfide) groups is 1. The van der Waals surface area contributed by atoms with Crippen molar-refractivity contribution in [2.45, 2.75) is 11.3 Å². The van der Waals surface area contributed by atoms with Gasteiger partial charge in [-0.2, -0.15) is 0 Å². The zero-order valence-electron chi connectivity index (χ0n) is 10.7. The summed E-state index contributed by atoms with van der Waals surface area (Å²) in [5.74, 6) is 1.46. The predicted octanol–water partition coefficient (Wildman–Crippen LogP) is 3.75. The highest BCUT2D eigenvalue weighted by molar-refractivity contribution is 7.99. The number of ether oxygens (including phenoxy) is 1. The Morgan fingerprint density at radius 3 is 2.58 bits per heavy atom. The van der Waals surface area contributed by atoms with Crippen molar-refractivity contribution >= 4 is 17.4 Å². The highest BCUT2D eigenvalue weighted by Gasteiger charge is 2.02. The monoisotopic (exact) mass is 277 g/mol. The standard InChI is InChI=1S/C15H16FNOS/c1-18-13-5-2-11(3-6-13)8-9-19-15-10-12(16)4-7-14(15)17/h2-7,10H,8-9,17H2,1H3. The first-order valence-corrected chi connectivity index (χ1v) is 6.98. The number of benzene rings is 2. The van der Waals surface area contributed by atoms with Crippen LogP contribution in [0.4, 0.5) is 10.1 Å². The van der Waals surface area contributed by atoms with Gasteiger partial charge in [0.2, 0.25) is 0 Å². The fourth-order valence-electron chi connectivity index (χ4n) is 1.70. The highest BCUT2D eigenvalue weighted by Crippen LogP contribution is 2.26. The molecule has 2 rings (SSSR count). The second-order valence-electron chi connectivity index (χ2n) is 4.13. The molecule has 0 fully saturated rings. The van der Waals surface area contributed by atoms with Crippen molar-refractivity contribution in [1.82, 2.24) is 0 Å². The summed E-state index contributed by atoms with van der Waals surface area (Å²) >= 11 is 1.57. The van der Waals surface area contributed by atoms with Crippen LogP contribution < -0.4 is 10.5 Å². The van der Waals surface area contributed by atoms with E-state index < -0.39 is 0 Å². The zero-order valence-corrected chi connectivity index (χ0v) is 11.5. The van der Waals surface area contributed by atoms with Crippen LogP contribution >= 0.6 is 11.8 Å². The van der Waals surface area contributed by atoms with E-state index in [-0.39, 0.29) is 5.82 Å². The maximum atomic E-state index is 13.1. The Kier molecular flexibility index (Phi) is 4.68. The summed E-state index contributed by atoms with van der Waals surface area (Å²) in [5, 5.41) is 0. The van der Waals surface area contributed by atoms with Gasteiger partial charge in [-0.1, -0.05) is 12.1 Å². The van der Waals surface area contributed by atoms with E-state index in [1.54, 1.807) is 24.9 Å². The van der Waals surface area contributed by atoms with Crippen LogP contribution in [-0.2, 0) is 6.42 Å². The molecule has 0 saturated carbocycles. The van der Waals surface area contributed by atoms with E-state index in [0.717, 1.165) is 22.8 Å². The summed E-state index contributed by atoms with van der Waals surface area (Å²) in [4.78, 5) is 0.800. The lowest BCUT2D eigenvalue weighted by molar-refractivity contribution is 0.414. The van der Waals surface area contributed by atoms with Crippen molar-refractivity contribution < 1.29 is 9.13 Å². The second-order valence-corrected chi connectivity index (χ2v) is 5.27. The minimum Gasteiger partial charge on any atom is -0.497 e. The lowest BCUT2D eigenvalue weighted by Crippen LogP contribution is -1.93. The fourth-order valence-corrected chi connectivity index (χ4v) is 2.69. The molecule has 0 aromatic heterocycles. The molecule has 0 unspecified atom stereocenters. The minimum absolute atomic E-state index is 0.249. The van der Waals surface area contributed by atoms with Crippen molar-refractivity contribution in [2.24, 2.45) is 0 Å². The average Bonchev–Trinajstić information content (AvgIpc) is 2.43. The second kappa shape index (κ2) is 6.48. The van der Waals surface area contributed by atoms with Crippen LogP contribution in [0.3, 0.4) is 0 Å². The molecule has 2 aromatic rings. The van der Waals surface area contributed by atoms with E-state index >= 15 is 0 Å². The number of aryl methyl sites for hydroxylation is 1. The van der Waals surface area contributed by atoms with Gasteiger partial charge in [0.1, 0.15) is 11.6 Å². The summed E-state index contributed by atoms with van der Waals surface area (Å²) in [7, 11) is 1.65. The number of nitrogen functional groups attached to an aromatic ring is 1. The molecule has 0 aliphatic carbocycles. The minimum atomic E-state index is -0.249. The van der Waals surface area contributed by atoms with E-state index in [1.807, 2.05) is 24.3 Å². The quantitative estimate of drug-likeness (QED) is 0.667. The molecule has 0 radical (unpaired) electrons. The molecule has 0 spiro atoms. The van der Waals surface area contributed by atoms with Gasteiger partial charge in [0.25, 0.3) is 0 Å². The first kappa shape index (κ1) is 13.7. The molecule has 0 atom stereocenters. The smallest absolute Gasteiger partial charge is 0.124 e. The van der Waals surface area contributed by atoms with Gasteiger partial charge in [0.15, 0.2) is 0 Å². The maximum Gasteiger partial charge on any atom is 0.124 e. The van der Waals surface area contributed by atoms with E-state index in [1.165, 1.54) is 17.7 Å². The Morgan fingerprint density at radius 1 is 1.16 bits per heavy atom. The van der Waals surface area contributed by atoms with Crippen molar-refractivity contribution in [3.8, 4) is 5.75 Å². The first-order chi connectivity index (χ1) is 9.19. The summed E-state index contributed by atoms with van der Waals surface area (Å²) in [6.07, 6.45) is 0.907. The first-order valence-electron chi connectivity index (χ1n) is 6.00. The van der Waals surface area contributed by atoms with E-state index in [4.69, 9.17) is 10.5 Å². The van der Waals surface area contributed by atoms with Gasteiger partial charge in [0.05, 0.1) is 7.11 Å². The molecule has 0 heterocycles. The number of rotatable bonds is 5. The summed E-state index contributed by atoms with van der Waals surface area (Å²) in [6.45, 7) is 0. The van der Waals surface area contributed by atoms with Gasteiger partial charge in [-0.3, -0.25) is 0 Å². The third-order valence-corrected chi connectivity index (χ3v) is 3.86. The number of halogens is 1. The number of hydrogen-bond acceptors (Lipinski definition) is 3. The number of hydrogen-bond donors (Lipinski definition) is 1. The number of nitrogens with two attached hydrogens (primary N) is 1. The summed E-state index contributed by atoms with van der Waals surface area (Å²) in [5.41, 5.74) is 7.65. The predicted molar refractivity (Wildman–Crippen MR) is 78.2 cm³/mol. The Morgan fingerprint density at radius 2 is 1.89 bits per heavy atom. The van der Waals surface area contributed by atoms with Gasteiger partial charge in [0, 0.05) is 16.3 Å². The maximum absolute atomic E-state index is 13.1. The molecule has 100 valence electrons. The normalized spacial score (nSPS) is 10.4. The van der Waals surface area contributed by atoms with Crippen LogP contribution in [-0.4, -0.2) is 12.9 Å². The van der Waals surface area contributed by atoms with Crippen LogP contribution in [0.5, 0.6) is 5.75 Å². The molecule has 2 aromatic carbocycles. The van der Waals surface area contributed by atoms with Crippen molar-refractivity contribution in [3.05, 3.63) is 53.8 Å². The van der Waals surface area contributed by atoms with Gasteiger partial charge in [-0.15, -0.1) is 11.8 Å². The van der Waals surface area contributed by atoms with Crippen molar-refractivity contribution in [2.75, 3.05) is 18.6 Å². The molecule has 19 heavy (non-hydrogen) atoms. The molecule has 4 heteroatoms. The topological polar surface area (TPSA) is 35.2 Å². The molecule has 0 aliphatic heterocycles. The van der Waals surface area contributed by atoms with Gasteiger partial charge < -0.3 is 10.5 Å². The van der Waals surface area contributed by atoms with E-state index in [2.05, 4.69) is 0 Å². The van der Waals surface area contributed by atoms with Crippen molar-refractivity contribution in [1.29, 1.82) is 0 Å². The molecule has 2 nitrogen and oxygen atoms in total. The van der Waals surface area contributed by atoms with Crippen LogP contribution in [0.15, 0.2) is 47.4 Å². The number of methoxy groups -OCH3 is 1. The van der Waals surface area contributed by atoms with E-state index in [9.17, 15) is 4.39 Å². The van der Waals surface area contributed by atoms with Crippen LogP contribution in [0.1, 0.15) is 5.56 Å². The van der Waals surface area contributed by atoms with E-state index in [0.29, 0.717) is 5.69 Å².